The van der Waals surface area contributed by atoms with Crippen LogP contribution in [0.5, 0.6) is 0 Å². The normalized spacial score (nSPS) is 15.2. The van der Waals surface area contributed by atoms with E-state index in [0.717, 1.165) is 45.1 Å². The molecule has 5 nitrogen and oxygen atoms in total. The van der Waals surface area contributed by atoms with Crippen LogP contribution in [0.25, 0.3) is 32.2 Å². The number of aromatic nitrogens is 2. The molecule has 1 aliphatic rings. The van der Waals surface area contributed by atoms with E-state index in [1.165, 1.54) is 17.4 Å². The number of hydrogen-bond donors (Lipinski definition) is 3. The van der Waals surface area contributed by atoms with Gasteiger partial charge in [0.2, 0.25) is 5.91 Å². The highest BCUT2D eigenvalue weighted by Crippen LogP contribution is 2.36. The number of benzene rings is 2. The first-order valence-electron chi connectivity index (χ1n) is 9.17. The molecule has 0 spiro atoms. The van der Waals surface area contributed by atoms with Gasteiger partial charge >= 0.3 is 0 Å². The maximum Gasteiger partial charge on any atom is 0.225 e. The molecule has 0 aliphatic heterocycles. The zero-order valence-electron chi connectivity index (χ0n) is 15.1. The van der Waals surface area contributed by atoms with Gasteiger partial charge in [0.1, 0.15) is 10.8 Å². The van der Waals surface area contributed by atoms with E-state index in [-0.39, 0.29) is 17.6 Å². The van der Waals surface area contributed by atoms with Gasteiger partial charge in [0.15, 0.2) is 6.23 Å². The molecule has 7 heteroatoms. The third-order valence-corrected chi connectivity index (χ3v) is 6.28. The Morgan fingerprint density at radius 1 is 1.36 bits per heavy atom. The predicted molar refractivity (Wildman–Crippen MR) is 107 cm³/mol. The van der Waals surface area contributed by atoms with Crippen LogP contribution in [-0.2, 0) is 4.79 Å². The molecule has 0 bridgehead atoms. The molecule has 28 heavy (non-hydrogen) atoms. The first-order valence-corrected chi connectivity index (χ1v) is 9.98. The fourth-order valence-electron chi connectivity index (χ4n) is 3.52. The molecule has 0 saturated heterocycles. The molecule has 1 atom stereocenters. The monoisotopic (exact) mass is 395 g/mol. The number of thiazole rings is 1. The molecule has 2 aromatic heterocycles. The average Bonchev–Trinajstić information content (AvgIpc) is 3.28. The molecule has 1 amide bonds. The van der Waals surface area contributed by atoms with Crippen molar-refractivity contribution in [1.82, 2.24) is 15.3 Å². The number of halogens is 1. The number of aromatic amines is 1. The molecule has 1 unspecified atom stereocenters. The number of amides is 1. The number of H-pyrrole nitrogens is 1. The third kappa shape index (κ3) is 2.87. The summed E-state index contributed by atoms with van der Waals surface area (Å²) in [6.07, 6.45) is 2.45. The minimum Gasteiger partial charge on any atom is -0.367 e. The van der Waals surface area contributed by atoms with E-state index in [9.17, 15) is 14.3 Å². The fraction of sp³-hybridized carbons (Fsp3) is 0.238. The smallest absolute Gasteiger partial charge is 0.225 e. The summed E-state index contributed by atoms with van der Waals surface area (Å²) in [6, 6.07) is 9.19. The lowest BCUT2D eigenvalue weighted by atomic mass is 9.96. The molecular weight excluding hydrogens is 377 g/mol. The van der Waals surface area contributed by atoms with Crippen molar-refractivity contribution < 1.29 is 14.3 Å². The van der Waals surface area contributed by atoms with E-state index in [4.69, 9.17) is 0 Å². The van der Waals surface area contributed by atoms with Crippen LogP contribution in [0.3, 0.4) is 0 Å². The number of nitrogens with one attached hydrogen (secondary N) is 2. The van der Waals surface area contributed by atoms with Crippen LogP contribution in [0.4, 0.5) is 4.39 Å². The van der Waals surface area contributed by atoms with Crippen molar-refractivity contribution in [3.8, 4) is 11.1 Å². The molecule has 2 heterocycles. The van der Waals surface area contributed by atoms with Crippen LogP contribution in [0.2, 0.25) is 0 Å². The van der Waals surface area contributed by atoms with Gasteiger partial charge in [-0.25, -0.2) is 9.37 Å². The van der Waals surface area contributed by atoms with E-state index in [2.05, 4.69) is 15.3 Å². The van der Waals surface area contributed by atoms with Crippen LogP contribution in [0.15, 0.2) is 36.5 Å². The first kappa shape index (κ1) is 17.3. The summed E-state index contributed by atoms with van der Waals surface area (Å²) >= 11 is 1.33. The van der Waals surface area contributed by atoms with Crippen molar-refractivity contribution in [2.45, 2.75) is 26.0 Å². The second-order valence-corrected chi connectivity index (χ2v) is 8.28. The fourth-order valence-corrected chi connectivity index (χ4v) is 4.47. The summed E-state index contributed by atoms with van der Waals surface area (Å²) in [7, 11) is 0. The van der Waals surface area contributed by atoms with Crippen LogP contribution in [-0.4, -0.2) is 21.0 Å². The number of carbonyl (C=O) groups is 1. The van der Waals surface area contributed by atoms with E-state index < -0.39 is 6.23 Å². The molecule has 142 valence electrons. The second kappa shape index (κ2) is 6.39. The van der Waals surface area contributed by atoms with E-state index in [1.54, 1.807) is 13.1 Å². The van der Waals surface area contributed by atoms with Gasteiger partial charge in [-0.2, -0.15) is 0 Å². The zero-order chi connectivity index (χ0) is 19.4. The number of nitrogens with zero attached hydrogens (tertiary/aromatic N) is 1. The van der Waals surface area contributed by atoms with E-state index >= 15 is 0 Å². The minimum absolute atomic E-state index is 0.0235. The molecule has 1 saturated carbocycles. The van der Waals surface area contributed by atoms with Crippen molar-refractivity contribution in [3.63, 3.8) is 0 Å². The van der Waals surface area contributed by atoms with Crippen molar-refractivity contribution in [2.24, 2.45) is 5.92 Å². The topological polar surface area (TPSA) is 78.0 Å². The number of carbonyl (C=O) groups excluding carboxylic acids is 1. The molecule has 5 rings (SSSR count). The largest absolute Gasteiger partial charge is 0.367 e. The Hall–Kier alpha value is -2.77. The summed E-state index contributed by atoms with van der Waals surface area (Å²) in [5.41, 5.74) is 3.81. The summed E-state index contributed by atoms with van der Waals surface area (Å²) in [6.45, 7) is 1.77. The van der Waals surface area contributed by atoms with Gasteiger partial charge in [0, 0.05) is 23.0 Å². The van der Waals surface area contributed by atoms with Crippen molar-refractivity contribution in [3.05, 3.63) is 52.9 Å². The van der Waals surface area contributed by atoms with Gasteiger partial charge in [-0.3, -0.25) is 4.79 Å². The number of aliphatic hydroxyl groups is 1. The van der Waals surface area contributed by atoms with Crippen molar-refractivity contribution in [1.29, 1.82) is 0 Å². The number of fused-ring (bicyclic) bond motifs is 2. The molecule has 2 aromatic carbocycles. The number of hydrogen-bond acceptors (Lipinski definition) is 4. The predicted octanol–water partition coefficient (Wildman–Crippen LogP) is 4.41. The lowest BCUT2D eigenvalue weighted by molar-refractivity contribution is -0.125. The third-order valence-electron chi connectivity index (χ3n) is 5.21. The summed E-state index contributed by atoms with van der Waals surface area (Å²) in [5, 5.41) is 14.3. The lowest BCUT2D eigenvalue weighted by Gasteiger charge is -2.09. The molecule has 4 aromatic rings. The van der Waals surface area contributed by atoms with Gasteiger partial charge in [-0.1, -0.05) is 6.07 Å². The van der Waals surface area contributed by atoms with Crippen LogP contribution >= 0.6 is 11.3 Å². The first-order chi connectivity index (χ1) is 13.5. The number of aliphatic hydroxyl groups excluding tert-OH is 1. The highest BCUT2D eigenvalue weighted by molar-refractivity contribution is 7.18. The Kier molecular flexibility index (Phi) is 3.96. The van der Waals surface area contributed by atoms with Crippen molar-refractivity contribution >= 4 is 38.4 Å². The Bertz CT molecular complexity index is 1230. The Morgan fingerprint density at radius 2 is 2.18 bits per heavy atom. The van der Waals surface area contributed by atoms with E-state index in [0.29, 0.717) is 10.6 Å². The van der Waals surface area contributed by atoms with Gasteiger partial charge in [-0.15, -0.1) is 11.3 Å². The van der Waals surface area contributed by atoms with Gasteiger partial charge in [0.05, 0.1) is 10.2 Å². The van der Waals surface area contributed by atoms with Gasteiger partial charge in [0.25, 0.3) is 0 Å². The average molecular weight is 395 g/mol. The van der Waals surface area contributed by atoms with Gasteiger partial charge in [-0.05, 0) is 60.7 Å². The summed E-state index contributed by atoms with van der Waals surface area (Å²) in [5.74, 6) is -0.360. The highest BCUT2D eigenvalue weighted by Gasteiger charge is 2.31. The molecule has 3 N–H and O–H groups in total. The molecule has 1 fully saturated rings. The van der Waals surface area contributed by atoms with Crippen LogP contribution in [0.1, 0.15) is 29.6 Å². The second-order valence-electron chi connectivity index (χ2n) is 7.22. The minimum atomic E-state index is -1.11. The maximum atomic E-state index is 14.4. The van der Waals surface area contributed by atoms with Crippen molar-refractivity contribution in [2.75, 3.05) is 0 Å². The number of rotatable bonds is 4. The zero-order valence-corrected chi connectivity index (χ0v) is 15.9. The van der Waals surface area contributed by atoms with Gasteiger partial charge < -0.3 is 15.4 Å². The summed E-state index contributed by atoms with van der Waals surface area (Å²) in [4.78, 5) is 19.4. The standard InChI is InChI=1S/C21H18FN3O2S/c1-10-14(22)9-16-13(6-7-23-16)18(10)12-4-5-15-17(8-12)28-21(24-15)20(27)25-19(26)11-2-3-11/h4-9,11,20,23,27H,2-3H2,1H3,(H,25,26). The highest BCUT2D eigenvalue weighted by atomic mass is 32.1. The van der Waals surface area contributed by atoms with Crippen LogP contribution in [0, 0.1) is 18.7 Å². The quantitative estimate of drug-likeness (QED) is 0.448. The Balaban J connectivity index is 1.55. The van der Waals surface area contributed by atoms with E-state index in [1.807, 2.05) is 24.3 Å². The SMILES string of the molecule is Cc1c(F)cc2[nH]ccc2c1-c1ccc2nc(C(O)NC(=O)C3CC3)sc2c1. The Labute approximate surface area is 164 Å². The summed E-state index contributed by atoms with van der Waals surface area (Å²) < 4.78 is 15.3. The molecular formula is C21H18FN3O2S. The molecule has 0 radical (unpaired) electrons. The molecule has 1 aliphatic carbocycles. The Morgan fingerprint density at radius 3 is 2.96 bits per heavy atom. The lowest BCUT2D eigenvalue weighted by Crippen LogP contribution is -2.29. The maximum absolute atomic E-state index is 14.4. The van der Waals surface area contributed by atoms with Crippen LogP contribution < -0.4 is 5.32 Å².